The van der Waals surface area contributed by atoms with Crippen molar-refractivity contribution in [1.29, 1.82) is 0 Å². The molecule has 1 aromatic heterocycles. The Bertz CT molecular complexity index is 833. The molecule has 7 nitrogen and oxygen atoms in total. The van der Waals surface area contributed by atoms with Crippen molar-refractivity contribution in [3.05, 3.63) is 57.8 Å². The van der Waals surface area contributed by atoms with Gasteiger partial charge in [-0.25, -0.2) is 0 Å². The molecule has 27 heavy (non-hydrogen) atoms. The van der Waals surface area contributed by atoms with Crippen LogP contribution in [0.2, 0.25) is 0 Å². The third-order valence-electron chi connectivity index (χ3n) is 4.33. The van der Waals surface area contributed by atoms with Crippen LogP contribution in [0.3, 0.4) is 0 Å². The maximum Gasteiger partial charge on any atom is 0.433 e. The summed E-state index contributed by atoms with van der Waals surface area (Å²) in [6, 6.07) is 7.28. The number of amides is 1. The SMILES string of the molecule is O=C(c1ccc([N+](=O)[O-])o1)N1CCCN(c2ccc(C(F)(F)F)cc2)CC1. The molecular formula is C17H16F3N3O4. The maximum absolute atomic E-state index is 12.7. The highest BCUT2D eigenvalue weighted by molar-refractivity contribution is 5.91. The average molecular weight is 383 g/mol. The zero-order valence-corrected chi connectivity index (χ0v) is 14.1. The van der Waals surface area contributed by atoms with Crippen LogP contribution in [-0.2, 0) is 6.18 Å². The van der Waals surface area contributed by atoms with Crippen molar-refractivity contribution >= 4 is 17.5 Å². The second-order valence-electron chi connectivity index (χ2n) is 6.07. The minimum Gasteiger partial charge on any atom is -0.395 e. The van der Waals surface area contributed by atoms with E-state index in [9.17, 15) is 28.1 Å². The lowest BCUT2D eigenvalue weighted by Crippen LogP contribution is -2.35. The van der Waals surface area contributed by atoms with Gasteiger partial charge in [-0.3, -0.25) is 14.9 Å². The molecule has 1 aliphatic heterocycles. The van der Waals surface area contributed by atoms with Gasteiger partial charge in [0.05, 0.1) is 11.6 Å². The van der Waals surface area contributed by atoms with E-state index in [0.29, 0.717) is 38.3 Å². The Kier molecular flexibility index (Phi) is 5.06. The Hall–Kier alpha value is -3.04. The summed E-state index contributed by atoms with van der Waals surface area (Å²) >= 11 is 0. The first kappa shape index (κ1) is 18.7. The van der Waals surface area contributed by atoms with Gasteiger partial charge in [-0.05, 0) is 36.8 Å². The molecular weight excluding hydrogens is 367 g/mol. The zero-order valence-electron chi connectivity index (χ0n) is 14.1. The van der Waals surface area contributed by atoms with Crippen LogP contribution in [0.4, 0.5) is 24.7 Å². The summed E-state index contributed by atoms with van der Waals surface area (Å²) in [6.07, 6.45) is -3.78. The average Bonchev–Trinajstić information content (AvgIpc) is 2.99. The first-order valence-electron chi connectivity index (χ1n) is 8.21. The Balaban J connectivity index is 1.66. The van der Waals surface area contributed by atoms with Crippen LogP contribution in [0, 0.1) is 10.1 Å². The molecule has 0 radical (unpaired) electrons. The lowest BCUT2D eigenvalue weighted by Gasteiger charge is -2.23. The van der Waals surface area contributed by atoms with Crippen molar-refractivity contribution in [2.75, 3.05) is 31.1 Å². The molecule has 144 valence electrons. The number of carbonyl (C=O) groups is 1. The molecule has 0 atom stereocenters. The number of rotatable bonds is 3. The third-order valence-corrected chi connectivity index (χ3v) is 4.33. The van der Waals surface area contributed by atoms with Crippen molar-refractivity contribution < 1.29 is 27.3 Å². The standard InChI is InChI=1S/C17H16F3N3O4/c18-17(19,20)12-2-4-13(5-3-12)21-8-1-9-22(11-10-21)16(24)14-6-7-15(27-14)23(25)26/h2-7H,1,8-11H2. The summed E-state index contributed by atoms with van der Waals surface area (Å²) < 4.78 is 43.0. The Morgan fingerprint density at radius 1 is 1.04 bits per heavy atom. The van der Waals surface area contributed by atoms with Gasteiger partial charge in [0.1, 0.15) is 4.92 Å². The predicted molar refractivity (Wildman–Crippen MR) is 89.5 cm³/mol. The molecule has 2 aromatic rings. The van der Waals surface area contributed by atoms with Crippen molar-refractivity contribution in [2.45, 2.75) is 12.6 Å². The van der Waals surface area contributed by atoms with Gasteiger partial charge in [0.25, 0.3) is 5.91 Å². The van der Waals surface area contributed by atoms with E-state index in [1.807, 2.05) is 4.90 Å². The highest BCUT2D eigenvalue weighted by Crippen LogP contribution is 2.30. The maximum atomic E-state index is 12.7. The number of nitro groups is 1. The number of anilines is 1. The van der Waals surface area contributed by atoms with Gasteiger partial charge < -0.3 is 14.2 Å². The van der Waals surface area contributed by atoms with Crippen LogP contribution in [0.1, 0.15) is 22.5 Å². The number of alkyl halides is 3. The van der Waals surface area contributed by atoms with Gasteiger partial charge in [-0.15, -0.1) is 0 Å². The number of hydrogen-bond donors (Lipinski definition) is 0. The first-order valence-corrected chi connectivity index (χ1v) is 8.21. The van der Waals surface area contributed by atoms with Gasteiger partial charge in [-0.1, -0.05) is 0 Å². The lowest BCUT2D eigenvalue weighted by molar-refractivity contribution is -0.402. The van der Waals surface area contributed by atoms with Crippen LogP contribution in [0.25, 0.3) is 0 Å². The molecule has 0 unspecified atom stereocenters. The molecule has 0 N–H and O–H groups in total. The van der Waals surface area contributed by atoms with Crippen molar-refractivity contribution in [2.24, 2.45) is 0 Å². The minimum atomic E-state index is -4.38. The summed E-state index contributed by atoms with van der Waals surface area (Å²) in [5, 5.41) is 10.7. The molecule has 1 aliphatic rings. The number of furan rings is 1. The summed E-state index contributed by atoms with van der Waals surface area (Å²) in [4.78, 5) is 25.8. The molecule has 2 heterocycles. The molecule has 1 saturated heterocycles. The Labute approximate surface area is 152 Å². The van der Waals surface area contributed by atoms with E-state index in [4.69, 9.17) is 4.42 Å². The largest absolute Gasteiger partial charge is 0.433 e. The van der Waals surface area contributed by atoms with E-state index in [1.165, 1.54) is 23.1 Å². The summed E-state index contributed by atoms with van der Waals surface area (Å²) in [6.45, 7) is 1.76. The van der Waals surface area contributed by atoms with Gasteiger partial charge in [0, 0.05) is 31.9 Å². The number of nitrogens with zero attached hydrogens (tertiary/aromatic N) is 3. The van der Waals surface area contributed by atoms with Crippen LogP contribution in [0.15, 0.2) is 40.8 Å². The third kappa shape index (κ3) is 4.21. The normalized spacial score (nSPS) is 15.5. The molecule has 0 aliphatic carbocycles. The van der Waals surface area contributed by atoms with E-state index in [0.717, 1.165) is 18.2 Å². The quantitative estimate of drug-likeness (QED) is 0.598. The van der Waals surface area contributed by atoms with Crippen molar-refractivity contribution in [1.82, 2.24) is 4.90 Å². The van der Waals surface area contributed by atoms with E-state index in [2.05, 4.69) is 0 Å². The topological polar surface area (TPSA) is 79.8 Å². The highest BCUT2D eigenvalue weighted by atomic mass is 19.4. The highest BCUT2D eigenvalue weighted by Gasteiger charge is 2.30. The minimum absolute atomic E-state index is 0.107. The monoisotopic (exact) mass is 383 g/mol. The molecule has 0 saturated carbocycles. The van der Waals surface area contributed by atoms with Crippen molar-refractivity contribution in [3.8, 4) is 0 Å². The summed E-state index contributed by atoms with van der Waals surface area (Å²) in [5.74, 6) is -1.05. The van der Waals surface area contributed by atoms with Gasteiger partial charge in [0.15, 0.2) is 5.76 Å². The van der Waals surface area contributed by atoms with Gasteiger partial charge in [0.2, 0.25) is 0 Å². The molecule has 3 rings (SSSR count). The van der Waals surface area contributed by atoms with Crippen LogP contribution < -0.4 is 4.90 Å². The van der Waals surface area contributed by atoms with Gasteiger partial charge >= 0.3 is 12.1 Å². The van der Waals surface area contributed by atoms with E-state index in [1.54, 1.807) is 0 Å². The fourth-order valence-corrected chi connectivity index (χ4v) is 2.94. The number of halogens is 3. The summed E-state index contributed by atoms with van der Waals surface area (Å²) in [5.41, 5.74) is -0.0665. The lowest BCUT2D eigenvalue weighted by atomic mass is 10.2. The zero-order chi connectivity index (χ0) is 19.6. The summed E-state index contributed by atoms with van der Waals surface area (Å²) in [7, 11) is 0. The Morgan fingerprint density at radius 3 is 2.33 bits per heavy atom. The van der Waals surface area contributed by atoms with E-state index < -0.39 is 28.5 Å². The number of carbonyl (C=O) groups excluding carboxylic acids is 1. The van der Waals surface area contributed by atoms with Gasteiger partial charge in [-0.2, -0.15) is 13.2 Å². The molecule has 1 fully saturated rings. The second kappa shape index (κ2) is 7.29. The Morgan fingerprint density at radius 2 is 1.74 bits per heavy atom. The molecule has 0 spiro atoms. The molecule has 1 amide bonds. The molecule has 10 heteroatoms. The number of hydrogen-bond acceptors (Lipinski definition) is 5. The first-order chi connectivity index (χ1) is 12.8. The fraction of sp³-hybridized carbons (Fsp3) is 0.353. The smallest absolute Gasteiger partial charge is 0.395 e. The van der Waals surface area contributed by atoms with Crippen LogP contribution in [-0.4, -0.2) is 41.9 Å². The fourth-order valence-electron chi connectivity index (χ4n) is 2.94. The van der Waals surface area contributed by atoms with Crippen LogP contribution >= 0.6 is 0 Å². The second-order valence-corrected chi connectivity index (χ2v) is 6.07. The van der Waals surface area contributed by atoms with Crippen molar-refractivity contribution in [3.63, 3.8) is 0 Å². The van der Waals surface area contributed by atoms with E-state index in [-0.39, 0.29) is 5.76 Å². The molecule has 1 aromatic carbocycles. The molecule has 0 bridgehead atoms. The van der Waals surface area contributed by atoms with Crippen LogP contribution in [0.5, 0.6) is 0 Å². The predicted octanol–water partition coefficient (Wildman–Crippen LogP) is 3.56. The van der Waals surface area contributed by atoms with E-state index >= 15 is 0 Å². The number of benzene rings is 1.